The van der Waals surface area contributed by atoms with Crippen molar-refractivity contribution in [1.29, 1.82) is 0 Å². The van der Waals surface area contributed by atoms with Crippen molar-refractivity contribution in [1.82, 2.24) is 5.16 Å². The van der Waals surface area contributed by atoms with E-state index in [0.717, 1.165) is 11.3 Å². The molecule has 2 heterocycles. The molecular formula is C23H23N3O7S. The van der Waals surface area contributed by atoms with Gasteiger partial charge in [-0.2, -0.15) is 0 Å². The highest BCUT2D eigenvalue weighted by Gasteiger charge is 2.27. The SMILES string of the molecule is Cc1noc(C)c1COc1ccc(C(=O)OCC(=O)N2CCc3cc(S(N)(=O)=O)ccc32)cc1. The van der Waals surface area contributed by atoms with Crippen molar-refractivity contribution in [3.05, 3.63) is 70.6 Å². The summed E-state index contributed by atoms with van der Waals surface area (Å²) in [6.07, 6.45) is 0.480. The fraction of sp³-hybridized carbons (Fsp3) is 0.261. The van der Waals surface area contributed by atoms with Gasteiger partial charge in [-0.1, -0.05) is 5.16 Å². The van der Waals surface area contributed by atoms with Gasteiger partial charge in [0, 0.05) is 12.2 Å². The van der Waals surface area contributed by atoms with Crippen LogP contribution in [0.1, 0.15) is 32.9 Å². The minimum Gasteiger partial charge on any atom is -0.489 e. The average molecular weight is 486 g/mol. The first kappa shape index (κ1) is 23.5. The summed E-state index contributed by atoms with van der Waals surface area (Å²) in [7, 11) is -3.83. The summed E-state index contributed by atoms with van der Waals surface area (Å²) < 4.78 is 39.0. The number of carbonyl (C=O) groups is 2. The van der Waals surface area contributed by atoms with Crippen LogP contribution in [0.2, 0.25) is 0 Å². The standard InChI is InChI=1S/C23H23N3O7S/c1-14-20(15(2)33-25-14)12-31-18-5-3-16(4-6-18)23(28)32-13-22(27)26-10-9-17-11-19(34(24,29)30)7-8-21(17)26/h3-8,11H,9-10,12-13H2,1-2H3,(H2,24,29,30). The van der Waals surface area contributed by atoms with Gasteiger partial charge in [-0.3, -0.25) is 4.79 Å². The molecule has 2 N–H and O–H groups in total. The minimum atomic E-state index is -3.83. The lowest BCUT2D eigenvalue weighted by Gasteiger charge is -2.17. The van der Waals surface area contributed by atoms with Gasteiger partial charge < -0.3 is 18.9 Å². The van der Waals surface area contributed by atoms with Gasteiger partial charge in [0.2, 0.25) is 10.0 Å². The zero-order valence-corrected chi connectivity index (χ0v) is 19.4. The second-order valence-corrected chi connectivity index (χ2v) is 9.38. The Labute approximate surface area is 196 Å². The Hall–Kier alpha value is -3.70. The van der Waals surface area contributed by atoms with Gasteiger partial charge in [0.15, 0.2) is 6.61 Å². The molecule has 1 aliphatic heterocycles. The summed E-state index contributed by atoms with van der Waals surface area (Å²) in [6, 6.07) is 10.7. The summed E-state index contributed by atoms with van der Waals surface area (Å²) in [5.74, 6) is 0.192. The largest absolute Gasteiger partial charge is 0.489 e. The zero-order valence-electron chi connectivity index (χ0n) is 18.6. The number of nitrogens with zero attached hydrogens (tertiary/aromatic N) is 2. The van der Waals surface area contributed by atoms with E-state index in [1.165, 1.54) is 23.1 Å². The summed E-state index contributed by atoms with van der Waals surface area (Å²) in [6.45, 7) is 3.84. The van der Waals surface area contributed by atoms with Crippen molar-refractivity contribution in [3.8, 4) is 5.75 Å². The van der Waals surface area contributed by atoms with Crippen LogP contribution in [0.5, 0.6) is 5.75 Å². The van der Waals surface area contributed by atoms with E-state index in [1.807, 2.05) is 13.8 Å². The number of anilines is 1. The van der Waals surface area contributed by atoms with Gasteiger partial charge in [-0.05, 0) is 68.3 Å². The number of hydrogen-bond acceptors (Lipinski definition) is 8. The molecule has 4 rings (SSSR count). The van der Waals surface area contributed by atoms with Crippen LogP contribution in [0.15, 0.2) is 51.9 Å². The number of carbonyl (C=O) groups excluding carboxylic acids is 2. The van der Waals surface area contributed by atoms with Crippen LogP contribution in [0.25, 0.3) is 0 Å². The van der Waals surface area contributed by atoms with Crippen molar-refractivity contribution >= 4 is 27.6 Å². The van der Waals surface area contributed by atoms with Gasteiger partial charge in [0.25, 0.3) is 5.91 Å². The van der Waals surface area contributed by atoms with Crippen molar-refractivity contribution in [3.63, 3.8) is 0 Å². The predicted octanol–water partition coefficient (Wildman–Crippen LogP) is 2.26. The molecule has 0 bridgehead atoms. The molecule has 0 fully saturated rings. The second-order valence-electron chi connectivity index (χ2n) is 7.82. The van der Waals surface area contributed by atoms with Crippen molar-refractivity contribution < 1.29 is 32.0 Å². The van der Waals surface area contributed by atoms with Crippen molar-refractivity contribution in [2.75, 3.05) is 18.1 Å². The summed E-state index contributed by atoms with van der Waals surface area (Å²) in [5.41, 5.74) is 3.17. The van der Waals surface area contributed by atoms with E-state index in [1.54, 1.807) is 24.3 Å². The molecule has 0 aliphatic carbocycles. The number of aromatic nitrogens is 1. The molecule has 0 saturated carbocycles. The molecule has 10 nitrogen and oxygen atoms in total. The topological polar surface area (TPSA) is 142 Å². The van der Waals surface area contributed by atoms with Crippen LogP contribution in [-0.2, 0) is 32.6 Å². The van der Waals surface area contributed by atoms with Crippen LogP contribution in [0.3, 0.4) is 0 Å². The van der Waals surface area contributed by atoms with Crippen LogP contribution in [0, 0.1) is 13.8 Å². The highest BCUT2D eigenvalue weighted by molar-refractivity contribution is 7.89. The maximum Gasteiger partial charge on any atom is 0.338 e. The molecule has 1 aliphatic rings. The maximum absolute atomic E-state index is 12.6. The third kappa shape index (κ3) is 4.95. The second kappa shape index (κ2) is 9.27. The number of primary sulfonamides is 1. The molecule has 0 saturated heterocycles. The lowest BCUT2D eigenvalue weighted by atomic mass is 10.2. The number of nitrogens with two attached hydrogens (primary N) is 1. The van der Waals surface area contributed by atoms with Gasteiger partial charge in [-0.25, -0.2) is 18.4 Å². The Bertz CT molecular complexity index is 1330. The fourth-order valence-corrected chi connectivity index (χ4v) is 4.22. The zero-order chi connectivity index (χ0) is 24.5. The Balaban J connectivity index is 1.32. The molecule has 3 aromatic rings. The predicted molar refractivity (Wildman–Crippen MR) is 121 cm³/mol. The number of esters is 1. The van der Waals surface area contributed by atoms with Crippen molar-refractivity contribution in [2.24, 2.45) is 5.14 Å². The van der Waals surface area contributed by atoms with Gasteiger partial charge in [-0.15, -0.1) is 0 Å². The molecule has 0 atom stereocenters. The quantitative estimate of drug-likeness (QED) is 0.502. The van der Waals surface area contributed by atoms with Gasteiger partial charge in [0.05, 0.1) is 21.7 Å². The van der Waals surface area contributed by atoms with Gasteiger partial charge >= 0.3 is 5.97 Å². The first-order valence-corrected chi connectivity index (χ1v) is 12.0. The van der Waals surface area contributed by atoms with Crippen LogP contribution in [0.4, 0.5) is 5.69 Å². The number of rotatable bonds is 7. The summed E-state index contributed by atoms with van der Waals surface area (Å²) >= 11 is 0. The van der Waals surface area contributed by atoms with E-state index in [9.17, 15) is 18.0 Å². The molecule has 11 heteroatoms. The first-order chi connectivity index (χ1) is 16.1. The van der Waals surface area contributed by atoms with Gasteiger partial charge in [0.1, 0.15) is 18.1 Å². The Morgan fingerprint density at radius 3 is 2.53 bits per heavy atom. The normalized spacial score (nSPS) is 13.0. The van der Waals surface area contributed by atoms with E-state index >= 15 is 0 Å². The number of benzene rings is 2. The van der Waals surface area contributed by atoms with Crippen molar-refractivity contribution in [2.45, 2.75) is 31.8 Å². The monoisotopic (exact) mass is 485 g/mol. The summed E-state index contributed by atoms with van der Waals surface area (Å²) in [5, 5.41) is 9.04. The van der Waals surface area contributed by atoms with Crippen LogP contribution >= 0.6 is 0 Å². The van der Waals surface area contributed by atoms with Crippen LogP contribution < -0.4 is 14.8 Å². The first-order valence-electron chi connectivity index (χ1n) is 10.4. The van der Waals surface area contributed by atoms with E-state index in [2.05, 4.69) is 5.16 Å². The highest BCUT2D eigenvalue weighted by atomic mass is 32.2. The smallest absolute Gasteiger partial charge is 0.338 e. The Kier molecular flexibility index (Phi) is 6.40. The van der Waals surface area contributed by atoms with Crippen LogP contribution in [-0.4, -0.2) is 38.6 Å². The third-order valence-corrected chi connectivity index (χ3v) is 6.47. The lowest BCUT2D eigenvalue weighted by molar-refractivity contribution is -0.121. The van der Waals surface area contributed by atoms with E-state index < -0.39 is 28.5 Å². The number of ether oxygens (including phenoxy) is 2. The molecule has 1 amide bonds. The molecule has 0 spiro atoms. The number of hydrogen-bond donors (Lipinski definition) is 1. The average Bonchev–Trinajstić information content (AvgIpc) is 3.38. The molecule has 178 valence electrons. The minimum absolute atomic E-state index is 0.00824. The maximum atomic E-state index is 12.6. The number of aryl methyl sites for hydroxylation is 2. The molecular weight excluding hydrogens is 462 g/mol. The molecule has 0 unspecified atom stereocenters. The van der Waals surface area contributed by atoms with E-state index in [-0.39, 0.29) is 17.1 Å². The number of fused-ring (bicyclic) bond motifs is 1. The number of sulfonamides is 1. The molecule has 0 radical (unpaired) electrons. The Morgan fingerprint density at radius 2 is 1.88 bits per heavy atom. The summed E-state index contributed by atoms with van der Waals surface area (Å²) in [4.78, 5) is 26.4. The fourth-order valence-electron chi connectivity index (χ4n) is 3.65. The highest BCUT2D eigenvalue weighted by Crippen LogP contribution is 2.30. The molecule has 1 aromatic heterocycles. The third-order valence-electron chi connectivity index (χ3n) is 5.56. The Morgan fingerprint density at radius 1 is 1.15 bits per heavy atom. The van der Waals surface area contributed by atoms with E-state index in [4.69, 9.17) is 19.1 Å². The van der Waals surface area contributed by atoms with E-state index in [0.29, 0.717) is 35.7 Å². The number of amides is 1. The molecule has 2 aromatic carbocycles. The lowest BCUT2D eigenvalue weighted by Crippen LogP contribution is -2.33. The molecule has 34 heavy (non-hydrogen) atoms.